The first-order chi connectivity index (χ1) is 14.0. The van der Waals surface area contributed by atoms with Crippen molar-refractivity contribution in [3.05, 3.63) is 0 Å². The topological polar surface area (TPSA) is 71.1 Å². The fourth-order valence-corrected chi connectivity index (χ4v) is 5.25. The van der Waals surface area contributed by atoms with Crippen molar-refractivity contribution in [2.24, 2.45) is 11.3 Å². The minimum absolute atomic E-state index is 0.127. The molecule has 0 amide bonds. The molecule has 6 nitrogen and oxygen atoms in total. The van der Waals surface area contributed by atoms with Crippen molar-refractivity contribution in [3.8, 4) is 0 Å². The van der Waals surface area contributed by atoms with E-state index in [1.165, 1.54) is 7.11 Å². The third kappa shape index (κ3) is 6.37. The summed E-state index contributed by atoms with van der Waals surface area (Å²) in [4.78, 5) is 24.8. The van der Waals surface area contributed by atoms with Crippen LogP contribution in [0.2, 0.25) is 18.1 Å². The number of Topliss-reactive ketones (excluding diaryl/α,β-unsaturated/α-hetero) is 1. The molecular formula is C23H42O6Si. The van der Waals surface area contributed by atoms with Gasteiger partial charge in [-0.1, -0.05) is 20.8 Å². The minimum atomic E-state index is -1.91. The highest BCUT2D eigenvalue weighted by Crippen LogP contribution is 2.47. The van der Waals surface area contributed by atoms with Gasteiger partial charge in [-0.2, -0.15) is 0 Å². The summed E-state index contributed by atoms with van der Waals surface area (Å²) in [7, 11) is -0.504. The van der Waals surface area contributed by atoms with Gasteiger partial charge in [0.05, 0.1) is 25.2 Å². The van der Waals surface area contributed by atoms with Crippen LogP contribution in [-0.2, 0) is 28.2 Å². The second kappa shape index (κ2) is 10.7. The van der Waals surface area contributed by atoms with Crippen molar-refractivity contribution < 1.29 is 28.2 Å². The second-order valence-electron chi connectivity index (χ2n) is 10.4. The summed E-state index contributed by atoms with van der Waals surface area (Å²) in [5.41, 5.74) is -0.561. The van der Waals surface area contributed by atoms with Gasteiger partial charge < -0.3 is 18.6 Å². The van der Waals surface area contributed by atoms with E-state index in [0.29, 0.717) is 52.1 Å². The number of carbonyl (C=O) groups is 2. The Morgan fingerprint density at radius 3 is 2.47 bits per heavy atom. The van der Waals surface area contributed by atoms with Crippen molar-refractivity contribution in [3.63, 3.8) is 0 Å². The van der Waals surface area contributed by atoms with E-state index in [4.69, 9.17) is 18.6 Å². The van der Waals surface area contributed by atoms with Gasteiger partial charge >= 0.3 is 5.97 Å². The number of ether oxygens (including phenoxy) is 3. The molecule has 1 heterocycles. The monoisotopic (exact) mass is 442 g/mol. The molecule has 2 rings (SSSR count). The standard InChI is InChI=1S/C23H42O6Si/c1-22(2,3)30(5,6)29-16-18-9-10-20(24)23(18,13-7-8-21(25)26-4)17-28-19-11-14-27-15-12-19/h18-19H,7-17H2,1-6H3/t18-,23+/m1/s1. The fraction of sp³-hybridized carbons (Fsp3) is 0.913. The molecule has 0 aromatic heterocycles. The Bertz CT molecular complexity index is 579. The number of methoxy groups -OCH3 is 1. The summed E-state index contributed by atoms with van der Waals surface area (Å²) >= 11 is 0. The van der Waals surface area contributed by atoms with Crippen LogP contribution in [0.4, 0.5) is 0 Å². The molecule has 1 aliphatic carbocycles. The van der Waals surface area contributed by atoms with Crippen molar-refractivity contribution in [1.29, 1.82) is 0 Å². The molecule has 2 fully saturated rings. The van der Waals surface area contributed by atoms with Crippen molar-refractivity contribution in [1.82, 2.24) is 0 Å². The van der Waals surface area contributed by atoms with Crippen LogP contribution in [0.3, 0.4) is 0 Å². The molecule has 7 heteroatoms. The Kier molecular flexibility index (Phi) is 9.10. The second-order valence-corrected chi connectivity index (χ2v) is 15.2. The van der Waals surface area contributed by atoms with Gasteiger partial charge in [-0.05, 0) is 56.2 Å². The number of esters is 1. The lowest BCUT2D eigenvalue weighted by Gasteiger charge is -2.40. The average molecular weight is 443 g/mol. The Hall–Kier alpha value is -0.763. The van der Waals surface area contributed by atoms with E-state index in [9.17, 15) is 9.59 Å². The van der Waals surface area contributed by atoms with E-state index >= 15 is 0 Å². The molecular weight excluding hydrogens is 400 g/mol. The molecule has 1 saturated carbocycles. The first-order valence-corrected chi connectivity index (χ1v) is 14.4. The van der Waals surface area contributed by atoms with Gasteiger partial charge in [0.15, 0.2) is 8.32 Å². The van der Waals surface area contributed by atoms with Crippen LogP contribution in [0, 0.1) is 11.3 Å². The first-order valence-electron chi connectivity index (χ1n) is 11.5. The highest BCUT2D eigenvalue weighted by Gasteiger charge is 2.51. The molecule has 174 valence electrons. The van der Waals surface area contributed by atoms with Gasteiger partial charge in [-0.15, -0.1) is 0 Å². The van der Waals surface area contributed by atoms with Crippen molar-refractivity contribution in [2.75, 3.05) is 33.5 Å². The average Bonchev–Trinajstić information content (AvgIpc) is 3.00. The third-order valence-corrected chi connectivity index (χ3v) is 12.0. The highest BCUT2D eigenvalue weighted by atomic mass is 28.4. The maximum Gasteiger partial charge on any atom is 0.305 e. The van der Waals surface area contributed by atoms with Crippen LogP contribution in [0.25, 0.3) is 0 Å². The first kappa shape index (κ1) is 25.5. The summed E-state index contributed by atoms with van der Waals surface area (Å²) < 4.78 is 23.1. The van der Waals surface area contributed by atoms with E-state index in [1.807, 2.05) is 0 Å². The smallest absolute Gasteiger partial charge is 0.305 e. The molecule has 0 bridgehead atoms. The van der Waals surface area contributed by atoms with Crippen LogP contribution >= 0.6 is 0 Å². The number of carbonyl (C=O) groups excluding carboxylic acids is 2. The zero-order valence-electron chi connectivity index (χ0n) is 19.9. The minimum Gasteiger partial charge on any atom is -0.469 e. The molecule has 0 spiro atoms. The molecule has 30 heavy (non-hydrogen) atoms. The summed E-state index contributed by atoms with van der Waals surface area (Å²) in [5, 5.41) is 0.127. The van der Waals surface area contributed by atoms with E-state index in [0.717, 1.165) is 19.3 Å². The normalized spacial score (nSPS) is 26.2. The Balaban J connectivity index is 2.12. The van der Waals surface area contributed by atoms with Gasteiger partial charge in [0, 0.05) is 32.7 Å². The van der Waals surface area contributed by atoms with Crippen LogP contribution < -0.4 is 0 Å². The Morgan fingerprint density at radius 2 is 1.87 bits per heavy atom. The quantitative estimate of drug-likeness (QED) is 0.366. The molecule has 2 atom stereocenters. The predicted octanol–water partition coefficient (Wildman–Crippen LogP) is 4.51. The van der Waals surface area contributed by atoms with E-state index in [-0.39, 0.29) is 28.8 Å². The maximum absolute atomic E-state index is 13.2. The number of hydrogen-bond acceptors (Lipinski definition) is 6. The van der Waals surface area contributed by atoms with Crippen LogP contribution in [-0.4, -0.2) is 59.7 Å². The third-order valence-electron chi connectivity index (χ3n) is 7.48. The van der Waals surface area contributed by atoms with E-state index in [1.54, 1.807) is 0 Å². The van der Waals surface area contributed by atoms with Crippen molar-refractivity contribution >= 4 is 20.1 Å². The van der Waals surface area contributed by atoms with Gasteiger partial charge in [-0.3, -0.25) is 9.59 Å². The number of rotatable bonds is 10. The van der Waals surface area contributed by atoms with Crippen LogP contribution in [0.1, 0.15) is 65.7 Å². The maximum atomic E-state index is 13.2. The molecule has 0 aromatic carbocycles. The highest BCUT2D eigenvalue weighted by molar-refractivity contribution is 6.74. The lowest BCUT2D eigenvalue weighted by Crippen LogP contribution is -2.46. The Labute approximate surface area is 183 Å². The number of ketones is 1. The van der Waals surface area contributed by atoms with Crippen molar-refractivity contribution in [2.45, 2.75) is 90.0 Å². The van der Waals surface area contributed by atoms with Gasteiger partial charge in [0.25, 0.3) is 0 Å². The molecule has 0 N–H and O–H groups in total. The lowest BCUT2D eigenvalue weighted by molar-refractivity contribution is -0.143. The van der Waals surface area contributed by atoms with Gasteiger partial charge in [0.2, 0.25) is 0 Å². The molecule has 0 unspecified atom stereocenters. The van der Waals surface area contributed by atoms with E-state index in [2.05, 4.69) is 33.9 Å². The largest absolute Gasteiger partial charge is 0.469 e. The molecule has 1 saturated heterocycles. The predicted molar refractivity (Wildman–Crippen MR) is 119 cm³/mol. The molecule has 1 aliphatic heterocycles. The fourth-order valence-electron chi connectivity index (χ4n) is 4.20. The SMILES string of the molecule is COC(=O)CCC[C@@]1(COC2CCOCC2)C(=O)CC[C@@H]1CO[Si](C)(C)C(C)(C)C. The summed E-state index contributed by atoms with van der Waals surface area (Å²) in [6.45, 7) is 13.6. The van der Waals surface area contributed by atoms with Gasteiger partial charge in [0.1, 0.15) is 5.78 Å². The Morgan fingerprint density at radius 1 is 1.20 bits per heavy atom. The van der Waals surface area contributed by atoms with Crippen LogP contribution in [0.5, 0.6) is 0 Å². The summed E-state index contributed by atoms with van der Waals surface area (Å²) in [6.07, 6.45) is 4.91. The summed E-state index contributed by atoms with van der Waals surface area (Å²) in [5.74, 6) is 0.176. The van der Waals surface area contributed by atoms with Gasteiger partial charge in [-0.25, -0.2) is 0 Å². The zero-order chi connectivity index (χ0) is 22.4. The zero-order valence-corrected chi connectivity index (χ0v) is 20.9. The molecule has 0 radical (unpaired) electrons. The molecule has 2 aliphatic rings. The van der Waals surface area contributed by atoms with Crippen LogP contribution in [0.15, 0.2) is 0 Å². The lowest BCUT2D eigenvalue weighted by atomic mass is 9.74. The van der Waals surface area contributed by atoms with E-state index < -0.39 is 13.7 Å². The number of hydrogen-bond donors (Lipinski definition) is 0. The molecule has 0 aromatic rings. The summed E-state index contributed by atoms with van der Waals surface area (Å²) in [6, 6.07) is 0.